The Morgan fingerprint density at radius 3 is 3.09 bits per heavy atom. The highest BCUT2D eigenvalue weighted by Crippen LogP contribution is 2.41. The van der Waals surface area contributed by atoms with Gasteiger partial charge in [-0.15, -0.1) is 0 Å². The first-order chi connectivity index (χ1) is 10.7. The largest absolute Gasteiger partial charge is 0.454 e. The molecule has 0 N–H and O–H groups in total. The molecule has 116 valence electrons. The van der Waals surface area contributed by atoms with Crippen LogP contribution in [0.2, 0.25) is 5.02 Å². The number of halogens is 1. The molecule has 7 heteroatoms. The number of hydrogen-bond acceptors (Lipinski definition) is 6. The van der Waals surface area contributed by atoms with Crippen LogP contribution in [0.5, 0.6) is 11.5 Å². The zero-order valence-electron chi connectivity index (χ0n) is 12.2. The second-order valence-corrected chi connectivity index (χ2v) is 6.02. The second kappa shape index (κ2) is 5.44. The first-order valence-electron chi connectivity index (χ1n) is 7.33. The molecule has 1 aromatic carbocycles. The molecule has 0 spiro atoms. The van der Waals surface area contributed by atoms with Crippen LogP contribution in [0.1, 0.15) is 36.2 Å². The fraction of sp³-hybridized carbons (Fsp3) is 0.467. The summed E-state index contributed by atoms with van der Waals surface area (Å²) in [5.41, 5.74) is 1.10. The van der Waals surface area contributed by atoms with Crippen LogP contribution in [0, 0.1) is 6.92 Å². The van der Waals surface area contributed by atoms with Crippen LogP contribution in [0.4, 0.5) is 0 Å². The van der Waals surface area contributed by atoms with Crippen LogP contribution in [-0.2, 0) is 6.54 Å². The maximum Gasteiger partial charge on any atom is 0.231 e. The molecule has 2 aliphatic rings. The first kappa shape index (κ1) is 13.8. The molecule has 1 saturated heterocycles. The SMILES string of the molecule is Cc1nc([C@H]2CCCN2Cc2cc(Cl)c3c(c2)OCO3)no1. The fourth-order valence-corrected chi connectivity index (χ4v) is 3.39. The van der Waals surface area contributed by atoms with Gasteiger partial charge in [-0.1, -0.05) is 16.8 Å². The van der Waals surface area contributed by atoms with Crippen LogP contribution >= 0.6 is 11.6 Å². The van der Waals surface area contributed by atoms with E-state index in [1.807, 2.05) is 19.1 Å². The van der Waals surface area contributed by atoms with Crippen LogP contribution in [0.3, 0.4) is 0 Å². The zero-order valence-corrected chi connectivity index (χ0v) is 13.0. The average molecular weight is 322 g/mol. The van der Waals surface area contributed by atoms with E-state index in [2.05, 4.69) is 15.0 Å². The molecule has 0 saturated carbocycles. The third kappa shape index (κ3) is 2.42. The molecule has 6 nitrogen and oxygen atoms in total. The molecule has 3 heterocycles. The Kier molecular flexibility index (Phi) is 3.43. The Bertz CT molecular complexity index is 703. The van der Waals surface area contributed by atoms with Gasteiger partial charge in [0.2, 0.25) is 12.7 Å². The number of benzene rings is 1. The van der Waals surface area contributed by atoms with E-state index in [1.165, 1.54) is 0 Å². The lowest BCUT2D eigenvalue weighted by atomic mass is 10.1. The minimum atomic E-state index is 0.196. The van der Waals surface area contributed by atoms with Gasteiger partial charge in [-0.3, -0.25) is 4.90 Å². The predicted molar refractivity (Wildman–Crippen MR) is 79.0 cm³/mol. The van der Waals surface area contributed by atoms with Gasteiger partial charge in [0, 0.05) is 13.5 Å². The van der Waals surface area contributed by atoms with Crippen molar-refractivity contribution in [1.29, 1.82) is 0 Å². The van der Waals surface area contributed by atoms with Crippen molar-refractivity contribution in [2.75, 3.05) is 13.3 Å². The molecule has 0 aliphatic carbocycles. The van der Waals surface area contributed by atoms with E-state index in [0.29, 0.717) is 22.4 Å². The third-order valence-electron chi connectivity index (χ3n) is 4.08. The van der Waals surface area contributed by atoms with Crippen LogP contribution in [-0.4, -0.2) is 28.4 Å². The Morgan fingerprint density at radius 2 is 2.27 bits per heavy atom. The zero-order chi connectivity index (χ0) is 15.1. The number of fused-ring (bicyclic) bond motifs is 1. The molecule has 1 fully saturated rings. The monoisotopic (exact) mass is 321 g/mol. The summed E-state index contributed by atoms with van der Waals surface area (Å²) < 4.78 is 15.9. The van der Waals surface area contributed by atoms with Crippen molar-refractivity contribution < 1.29 is 14.0 Å². The summed E-state index contributed by atoms with van der Waals surface area (Å²) in [6, 6.07) is 4.12. The van der Waals surface area contributed by atoms with E-state index in [1.54, 1.807) is 0 Å². The van der Waals surface area contributed by atoms with Crippen LogP contribution < -0.4 is 9.47 Å². The highest BCUT2D eigenvalue weighted by Gasteiger charge is 2.30. The molecule has 2 aromatic rings. The maximum atomic E-state index is 6.25. The lowest BCUT2D eigenvalue weighted by Gasteiger charge is -2.22. The van der Waals surface area contributed by atoms with Crippen molar-refractivity contribution in [2.24, 2.45) is 0 Å². The number of aromatic nitrogens is 2. The normalized spacial score (nSPS) is 20.7. The Labute approximate surface area is 133 Å². The summed E-state index contributed by atoms with van der Waals surface area (Å²) in [4.78, 5) is 6.72. The summed E-state index contributed by atoms with van der Waals surface area (Å²) in [6.45, 7) is 3.82. The van der Waals surface area contributed by atoms with E-state index in [9.17, 15) is 0 Å². The Hall–Kier alpha value is -1.79. The van der Waals surface area contributed by atoms with E-state index >= 15 is 0 Å². The van der Waals surface area contributed by atoms with Gasteiger partial charge >= 0.3 is 0 Å². The molecule has 0 unspecified atom stereocenters. The summed E-state index contributed by atoms with van der Waals surface area (Å²) in [7, 11) is 0. The molecule has 0 radical (unpaired) electrons. The average Bonchev–Trinajstić information content (AvgIpc) is 3.19. The number of ether oxygens (including phenoxy) is 2. The fourth-order valence-electron chi connectivity index (χ4n) is 3.10. The van der Waals surface area contributed by atoms with Crippen molar-refractivity contribution in [1.82, 2.24) is 15.0 Å². The highest BCUT2D eigenvalue weighted by atomic mass is 35.5. The number of hydrogen-bond donors (Lipinski definition) is 0. The maximum absolute atomic E-state index is 6.25. The van der Waals surface area contributed by atoms with Gasteiger partial charge in [0.25, 0.3) is 0 Å². The number of likely N-dealkylation sites (tertiary alicyclic amines) is 1. The van der Waals surface area contributed by atoms with Crippen molar-refractivity contribution in [3.05, 3.63) is 34.4 Å². The van der Waals surface area contributed by atoms with Gasteiger partial charge in [-0.2, -0.15) is 4.98 Å². The molecule has 1 atom stereocenters. The second-order valence-electron chi connectivity index (χ2n) is 5.61. The quantitative estimate of drug-likeness (QED) is 0.865. The van der Waals surface area contributed by atoms with Gasteiger partial charge in [0.05, 0.1) is 11.1 Å². The van der Waals surface area contributed by atoms with Crippen molar-refractivity contribution in [3.8, 4) is 11.5 Å². The molecule has 22 heavy (non-hydrogen) atoms. The third-order valence-corrected chi connectivity index (χ3v) is 4.36. The molecular weight excluding hydrogens is 306 g/mol. The Balaban J connectivity index is 1.56. The molecule has 0 bridgehead atoms. The summed E-state index contributed by atoms with van der Waals surface area (Å²) in [5.74, 6) is 2.72. The molecule has 1 aromatic heterocycles. The molecule has 4 rings (SSSR count). The van der Waals surface area contributed by atoms with Crippen molar-refractivity contribution >= 4 is 11.6 Å². The summed E-state index contributed by atoms with van der Waals surface area (Å²) in [6.07, 6.45) is 2.16. The van der Waals surface area contributed by atoms with Crippen LogP contribution in [0.15, 0.2) is 16.7 Å². The van der Waals surface area contributed by atoms with Crippen molar-refractivity contribution in [3.63, 3.8) is 0 Å². The topological polar surface area (TPSA) is 60.6 Å². The van der Waals surface area contributed by atoms with Gasteiger partial charge in [0.15, 0.2) is 17.3 Å². The number of nitrogens with zero attached hydrogens (tertiary/aromatic N) is 3. The van der Waals surface area contributed by atoms with E-state index in [0.717, 1.165) is 37.3 Å². The Morgan fingerprint density at radius 1 is 1.36 bits per heavy atom. The minimum absolute atomic E-state index is 0.196. The summed E-state index contributed by atoms with van der Waals surface area (Å²) >= 11 is 6.25. The smallest absolute Gasteiger partial charge is 0.231 e. The standard InChI is InChI=1S/C15H16ClN3O3/c1-9-17-15(18-22-9)12-3-2-4-19(12)7-10-5-11(16)14-13(6-10)20-8-21-14/h5-6,12H,2-4,7-8H2,1H3/t12-/m1/s1. The van der Waals surface area contributed by atoms with E-state index in [-0.39, 0.29) is 12.8 Å². The van der Waals surface area contributed by atoms with Gasteiger partial charge in [0.1, 0.15) is 0 Å². The van der Waals surface area contributed by atoms with Gasteiger partial charge in [-0.05, 0) is 37.1 Å². The number of aryl methyl sites for hydroxylation is 1. The van der Waals surface area contributed by atoms with Gasteiger partial charge < -0.3 is 14.0 Å². The molecular formula is C15H16ClN3O3. The van der Waals surface area contributed by atoms with E-state index in [4.69, 9.17) is 25.6 Å². The lowest BCUT2D eigenvalue weighted by molar-refractivity contribution is 0.174. The van der Waals surface area contributed by atoms with Crippen LogP contribution in [0.25, 0.3) is 0 Å². The van der Waals surface area contributed by atoms with Crippen molar-refractivity contribution in [2.45, 2.75) is 32.4 Å². The summed E-state index contributed by atoms with van der Waals surface area (Å²) in [5, 5.41) is 4.66. The highest BCUT2D eigenvalue weighted by molar-refractivity contribution is 6.32. The predicted octanol–water partition coefficient (Wildman–Crippen LogP) is 3.10. The number of rotatable bonds is 3. The van der Waals surface area contributed by atoms with Gasteiger partial charge in [-0.25, -0.2) is 0 Å². The molecule has 0 amide bonds. The first-order valence-corrected chi connectivity index (χ1v) is 7.71. The minimum Gasteiger partial charge on any atom is -0.454 e. The van der Waals surface area contributed by atoms with E-state index < -0.39 is 0 Å². The lowest BCUT2D eigenvalue weighted by Crippen LogP contribution is -2.23. The molecule has 2 aliphatic heterocycles.